The average molecular weight is 432 g/mol. The quantitative estimate of drug-likeness (QED) is 0.431. The number of carbonyl (C=O) groups excluding carboxylic acids is 2. The van der Waals surface area contributed by atoms with Gasteiger partial charge in [0.25, 0.3) is 0 Å². The normalized spacial score (nSPS) is 15.1. The second-order valence-corrected chi connectivity index (χ2v) is 6.44. The van der Waals surface area contributed by atoms with Crippen molar-refractivity contribution in [2.24, 2.45) is 0 Å². The SMILES string of the molecule is CCOC(=O)C1=C(Nc2ccccc2)O/C(=C\c2ccc(Br)cc2F)C1=O. The Morgan fingerprint density at radius 1 is 1.26 bits per heavy atom. The molecule has 5 nitrogen and oxygen atoms in total. The number of ketones is 1. The molecule has 1 heterocycles. The van der Waals surface area contributed by atoms with Gasteiger partial charge in [0, 0.05) is 15.7 Å². The molecule has 3 rings (SSSR count). The van der Waals surface area contributed by atoms with Crippen molar-refractivity contribution in [3.63, 3.8) is 0 Å². The molecule has 0 fully saturated rings. The minimum atomic E-state index is -0.805. The van der Waals surface area contributed by atoms with Gasteiger partial charge in [-0.1, -0.05) is 40.2 Å². The molecule has 0 saturated heterocycles. The number of benzene rings is 2. The molecule has 0 amide bonds. The van der Waals surface area contributed by atoms with Crippen LogP contribution in [-0.4, -0.2) is 18.4 Å². The Morgan fingerprint density at radius 3 is 2.67 bits per heavy atom. The number of hydrogen-bond acceptors (Lipinski definition) is 5. The van der Waals surface area contributed by atoms with Crippen LogP contribution in [0.4, 0.5) is 10.1 Å². The lowest BCUT2D eigenvalue weighted by Crippen LogP contribution is -2.16. The summed E-state index contributed by atoms with van der Waals surface area (Å²) < 4.78 is 25.2. The Balaban J connectivity index is 1.96. The second-order valence-electron chi connectivity index (χ2n) is 5.52. The maximum Gasteiger partial charge on any atom is 0.347 e. The lowest BCUT2D eigenvalue weighted by atomic mass is 10.1. The highest BCUT2D eigenvalue weighted by atomic mass is 79.9. The van der Waals surface area contributed by atoms with Crippen molar-refractivity contribution >= 4 is 39.4 Å². The summed E-state index contributed by atoms with van der Waals surface area (Å²) >= 11 is 3.18. The third-order valence-corrected chi connectivity index (χ3v) is 4.14. The van der Waals surface area contributed by atoms with E-state index in [-0.39, 0.29) is 29.4 Å². The van der Waals surface area contributed by atoms with E-state index >= 15 is 0 Å². The first-order valence-corrected chi connectivity index (χ1v) is 8.91. The number of carbonyl (C=O) groups is 2. The van der Waals surface area contributed by atoms with E-state index in [9.17, 15) is 14.0 Å². The maximum absolute atomic E-state index is 14.1. The first kappa shape index (κ1) is 18.8. The van der Waals surface area contributed by atoms with Gasteiger partial charge in [0.2, 0.25) is 11.7 Å². The number of esters is 1. The molecule has 1 N–H and O–H groups in total. The van der Waals surface area contributed by atoms with Crippen LogP contribution in [0.3, 0.4) is 0 Å². The predicted octanol–water partition coefficient (Wildman–Crippen LogP) is 4.42. The van der Waals surface area contributed by atoms with E-state index in [0.29, 0.717) is 10.2 Å². The number of ether oxygens (including phenoxy) is 2. The summed E-state index contributed by atoms with van der Waals surface area (Å²) in [5.74, 6) is -2.23. The molecule has 0 aliphatic carbocycles. The molecule has 7 heteroatoms. The Labute approximate surface area is 163 Å². The van der Waals surface area contributed by atoms with Crippen LogP contribution in [0.2, 0.25) is 0 Å². The molecule has 138 valence electrons. The lowest BCUT2D eigenvalue weighted by molar-refractivity contribution is -0.139. The summed E-state index contributed by atoms with van der Waals surface area (Å²) in [4.78, 5) is 24.9. The monoisotopic (exact) mass is 431 g/mol. The van der Waals surface area contributed by atoms with Crippen molar-refractivity contribution in [2.45, 2.75) is 6.92 Å². The molecule has 2 aromatic carbocycles. The van der Waals surface area contributed by atoms with Crippen LogP contribution >= 0.6 is 15.9 Å². The molecule has 27 heavy (non-hydrogen) atoms. The summed E-state index contributed by atoms with van der Waals surface area (Å²) in [6.45, 7) is 1.74. The van der Waals surface area contributed by atoms with Crippen molar-refractivity contribution in [3.05, 3.63) is 81.6 Å². The zero-order valence-electron chi connectivity index (χ0n) is 14.3. The number of nitrogens with one attached hydrogen (secondary N) is 1. The van der Waals surface area contributed by atoms with Gasteiger partial charge in [-0.3, -0.25) is 4.79 Å². The van der Waals surface area contributed by atoms with E-state index in [2.05, 4.69) is 21.2 Å². The molecule has 0 saturated carbocycles. The van der Waals surface area contributed by atoms with E-state index in [4.69, 9.17) is 9.47 Å². The molecule has 1 aliphatic heterocycles. The van der Waals surface area contributed by atoms with Gasteiger partial charge in [0.05, 0.1) is 6.61 Å². The topological polar surface area (TPSA) is 64.6 Å². The van der Waals surface area contributed by atoms with Gasteiger partial charge in [-0.15, -0.1) is 0 Å². The van der Waals surface area contributed by atoms with Crippen LogP contribution in [0.5, 0.6) is 0 Å². The van der Waals surface area contributed by atoms with Crippen molar-refractivity contribution < 1.29 is 23.5 Å². The number of hydrogen-bond donors (Lipinski definition) is 1. The zero-order valence-corrected chi connectivity index (χ0v) is 15.9. The van der Waals surface area contributed by atoms with Gasteiger partial charge in [0.1, 0.15) is 5.82 Å². The van der Waals surface area contributed by atoms with Gasteiger partial charge < -0.3 is 14.8 Å². The molecule has 1 aliphatic rings. The molecule has 0 atom stereocenters. The number of anilines is 1. The van der Waals surface area contributed by atoms with E-state index in [1.807, 2.05) is 6.07 Å². The molecular weight excluding hydrogens is 417 g/mol. The van der Waals surface area contributed by atoms with Gasteiger partial charge in [-0.25, -0.2) is 9.18 Å². The lowest BCUT2D eigenvalue weighted by Gasteiger charge is -2.08. The van der Waals surface area contributed by atoms with Gasteiger partial charge in [-0.2, -0.15) is 0 Å². The third-order valence-electron chi connectivity index (χ3n) is 3.65. The van der Waals surface area contributed by atoms with Crippen LogP contribution in [0.1, 0.15) is 12.5 Å². The smallest absolute Gasteiger partial charge is 0.347 e. The Hall–Kier alpha value is -2.93. The van der Waals surface area contributed by atoms with Crippen LogP contribution in [-0.2, 0) is 19.1 Å². The van der Waals surface area contributed by atoms with Crippen molar-refractivity contribution in [1.82, 2.24) is 0 Å². The highest BCUT2D eigenvalue weighted by molar-refractivity contribution is 9.10. The second kappa shape index (κ2) is 8.18. The van der Waals surface area contributed by atoms with Crippen LogP contribution in [0.25, 0.3) is 6.08 Å². The first-order valence-electron chi connectivity index (χ1n) is 8.12. The average Bonchev–Trinajstić information content (AvgIpc) is 2.93. The summed E-state index contributed by atoms with van der Waals surface area (Å²) in [7, 11) is 0. The van der Waals surface area contributed by atoms with E-state index in [0.717, 1.165) is 0 Å². The van der Waals surface area contributed by atoms with Crippen molar-refractivity contribution in [1.29, 1.82) is 0 Å². The van der Waals surface area contributed by atoms with Gasteiger partial charge >= 0.3 is 5.97 Å². The molecule has 0 aromatic heterocycles. The summed E-state index contributed by atoms with van der Waals surface area (Å²) in [6.07, 6.45) is 1.25. The Bertz CT molecular complexity index is 954. The highest BCUT2D eigenvalue weighted by Crippen LogP contribution is 2.29. The number of allylic oxidation sites excluding steroid dienone is 1. The minimum absolute atomic E-state index is 0.0478. The minimum Gasteiger partial charge on any atom is -0.462 e. The highest BCUT2D eigenvalue weighted by Gasteiger charge is 2.37. The van der Waals surface area contributed by atoms with Crippen LogP contribution in [0.15, 0.2) is 70.2 Å². The summed E-state index contributed by atoms with van der Waals surface area (Å²) in [5.41, 5.74) is 0.522. The fraction of sp³-hybridized carbons (Fsp3) is 0.100. The standard InChI is InChI=1S/C20H15BrFNO4/c1-2-26-20(25)17-18(24)16(10-12-8-9-13(21)11-15(12)22)27-19(17)23-14-6-4-3-5-7-14/h3-11,23H,2H2,1H3/b16-10-. The number of para-hydroxylation sites is 1. The van der Waals surface area contributed by atoms with Crippen molar-refractivity contribution in [2.75, 3.05) is 11.9 Å². The fourth-order valence-electron chi connectivity index (χ4n) is 2.42. The molecule has 0 unspecified atom stereocenters. The van der Waals surface area contributed by atoms with Crippen molar-refractivity contribution in [3.8, 4) is 0 Å². The maximum atomic E-state index is 14.1. The Kier molecular flexibility index (Phi) is 5.71. The largest absolute Gasteiger partial charge is 0.462 e. The molecule has 2 aromatic rings. The number of Topliss-reactive ketones (excluding diaryl/α,β-unsaturated/α-hetero) is 1. The van der Waals surface area contributed by atoms with E-state index in [1.165, 1.54) is 18.2 Å². The molecule has 0 bridgehead atoms. The van der Waals surface area contributed by atoms with E-state index < -0.39 is 17.6 Å². The Morgan fingerprint density at radius 2 is 2.00 bits per heavy atom. The molecule has 0 radical (unpaired) electrons. The number of rotatable bonds is 5. The van der Waals surface area contributed by atoms with E-state index in [1.54, 1.807) is 37.3 Å². The zero-order chi connectivity index (χ0) is 19.4. The third kappa shape index (κ3) is 4.25. The summed E-state index contributed by atoms with van der Waals surface area (Å²) in [5, 5.41) is 2.89. The van der Waals surface area contributed by atoms with Gasteiger partial charge in [0.15, 0.2) is 11.3 Å². The fourth-order valence-corrected chi connectivity index (χ4v) is 2.75. The summed E-state index contributed by atoms with van der Waals surface area (Å²) in [6, 6.07) is 13.3. The van der Waals surface area contributed by atoms with Crippen LogP contribution < -0.4 is 5.32 Å². The van der Waals surface area contributed by atoms with Crippen LogP contribution in [0, 0.1) is 5.82 Å². The first-order chi connectivity index (χ1) is 13.0. The molecule has 0 spiro atoms. The molecular formula is C20H15BrFNO4. The number of halogens is 2. The van der Waals surface area contributed by atoms with Gasteiger partial charge in [-0.05, 0) is 37.3 Å². The predicted molar refractivity (Wildman–Crippen MR) is 102 cm³/mol.